The zero-order valence-corrected chi connectivity index (χ0v) is 16.9. The van der Waals surface area contributed by atoms with Crippen LogP contribution in [0.3, 0.4) is 0 Å². The van der Waals surface area contributed by atoms with E-state index in [-0.39, 0.29) is 11.7 Å². The third kappa shape index (κ3) is 4.55. The quantitative estimate of drug-likeness (QED) is 0.590. The normalized spacial score (nSPS) is 10.7. The van der Waals surface area contributed by atoms with Crippen LogP contribution < -0.4 is 10.1 Å². The van der Waals surface area contributed by atoms with E-state index in [4.69, 9.17) is 27.9 Å². The highest BCUT2D eigenvalue weighted by molar-refractivity contribution is 7.99. The molecule has 27 heavy (non-hydrogen) atoms. The number of hydrogen-bond acceptors (Lipinski definition) is 5. The largest absolute Gasteiger partial charge is 0.496 e. The predicted octanol–water partition coefficient (Wildman–Crippen LogP) is 4.53. The Morgan fingerprint density at radius 1 is 1.22 bits per heavy atom. The van der Waals surface area contributed by atoms with Crippen molar-refractivity contribution in [3.8, 4) is 17.1 Å². The second kappa shape index (κ2) is 8.65. The fourth-order valence-corrected chi connectivity index (χ4v) is 3.48. The molecule has 0 aliphatic rings. The number of benzene rings is 2. The summed E-state index contributed by atoms with van der Waals surface area (Å²) >= 11 is 13.4. The zero-order valence-electron chi connectivity index (χ0n) is 14.6. The SMILES string of the molecule is COc1ccc(Cl)cc1-c1nnc(SCC(=O)Nc2ccccc2Cl)n1C. The molecule has 0 saturated carbocycles. The predicted molar refractivity (Wildman–Crippen MR) is 109 cm³/mol. The molecular weight excluding hydrogens is 407 g/mol. The molecule has 0 bridgehead atoms. The number of thioether (sulfide) groups is 1. The number of methoxy groups -OCH3 is 1. The Hall–Kier alpha value is -2.22. The molecule has 0 unspecified atom stereocenters. The van der Waals surface area contributed by atoms with E-state index in [0.29, 0.717) is 32.5 Å². The summed E-state index contributed by atoms with van der Waals surface area (Å²) in [4.78, 5) is 12.2. The smallest absolute Gasteiger partial charge is 0.234 e. The summed E-state index contributed by atoms with van der Waals surface area (Å²) in [6, 6.07) is 12.4. The summed E-state index contributed by atoms with van der Waals surface area (Å²) in [5.74, 6) is 1.23. The molecule has 0 saturated heterocycles. The number of amides is 1. The molecule has 0 aliphatic heterocycles. The van der Waals surface area contributed by atoms with Crippen molar-refractivity contribution >= 4 is 46.6 Å². The van der Waals surface area contributed by atoms with Gasteiger partial charge in [-0.05, 0) is 30.3 Å². The van der Waals surface area contributed by atoms with Gasteiger partial charge in [0.1, 0.15) is 5.75 Å². The zero-order chi connectivity index (χ0) is 19.4. The van der Waals surface area contributed by atoms with Crippen LogP contribution in [0.15, 0.2) is 47.6 Å². The van der Waals surface area contributed by atoms with E-state index in [1.54, 1.807) is 48.1 Å². The van der Waals surface area contributed by atoms with E-state index in [9.17, 15) is 4.79 Å². The van der Waals surface area contributed by atoms with Crippen LogP contribution in [0.5, 0.6) is 5.75 Å². The minimum atomic E-state index is -0.182. The first kappa shape index (κ1) is 19.5. The van der Waals surface area contributed by atoms with E-state index in [0.717, 1.165) is 5.56 Å². The lowest BCUT2D eigenvalue weighted by molar-refractivity contribution is -0.113. The maximum atomic E-state index is 12.2. The Morgan fingerprint density at radius 3 is 2.74 bits per heavy atom. The van der Waals surface area contributed by atoms with Crippen molar-refractivity contribution in [1.29, 1.82) is 0 Å². The van der Waals surface area contributed by atoms with Gasteiger partial charge in [-0.2, -0.15) is 0 Å². The van der Waals surface area contributed by atoms with Gasteiger partial charge in [-0.3, -0.25) is 4.79 Å². The molecule has 1 amide bonds. The number of halogens is 2. The summed E-state index contributed by atoms with van der Waals surface area (Å²) in [7, 11) is 3.40. The van der Waals surface area contributed by atoms with Gasteiger partial charge in [0.15, 0.2) is 11.0 Å². The van der Waals surface area contributed by atoms with Crippen LogP contribution in [0.1, 0.15) is 0 Å². The molecule has 0 fully saturated rings. The number of para-hydroxylation sites is 1. The van der Waals surface area contributed by atoms with E-state index >= 15 is 0 Å². The van der Waals surface area contributed by atoms with Gasteiger partial charge >= 0.3 is 0 Å². The number of carbonyl (C=O) groups is 1. The highest BCUT2D eigenvalue weighted by Crippen LogP contribution is 2.32. The monoisotopic (exact) mass is 422 g/mol. The Balaban J connectivity index is 1.72. The molecule has 6 nitrogen and oxygen atoms in total. The average molecular weight is 423 g/mol. The minimum absolute atomic E-state index is 0.171. The van der Waals surface area contributed by atoms with Crippen LogP contribution in [0, 0.1) is 0 Å². The fourth-order valence-electron chi connectivity index (χ4n) is 2.41. The number of nitrogens with one attached hydrogen (secondary N) is 1. The van der Waals surface area contributed by atoms with E-state index < -0.39 is 0 Å². The molecule has 1 aromatic heterocycles. The number of rotatable bonds is 6. The molecular formula is C18H16Cl2N4O2S. The topological polar surface area (TPSA) is 69.0 Å². The minimum Gasteiger partial charge on any atom is -0.496 e. The maximum absolute atomic E-state index is 12.2. The second-order valence-corrected chi connectivity index (χ2v) is 7.31. The Bertz CT molecular complexity index is 978. The van der Waals surface area contributed by atoms with Crippen LogP contribution in [-0.2, 0) is 11.8 Å². The number of anilines is 1. The van der Waals surface area contributed by atoms with E-state index in [1.807, 2.05) is 13.1 Å². The van der Waals surface area contributed by atoms with Crippen molar-refractivity contribution in [2.24, 2.45) is 7.05 Å². The van der Waals surface area contributed by atoms with Gasteiger partial charge < -0.3 is 14.6 Å². The molecule has 3 rings (SSSR count). The summed E-state index contributed by atoms with van der Waals surface area (Å²) in [5.41, 5.74) is 1.31. The number of ether oxygens (including phenoxy) is 1. The number of carbonyl (C=O) groups excluding carboxylic acids is 1. The Labute approximate surface area is 170 Å². The molecule has 0 radical (unpaired) electrons. The van der Waals surface area contributed by atoms with Crippen LogP contribution >= 0.6 is 35.0 Å². The van der Waals surface area contributed by atoms with Crippen molar-refractivity contribution < 1.29 is 9.53 Å². The molecule has 9 heteroatoms. The number of nitrogens with zero attached hydrogens (tertiary/aromatic N) is 3. The van der Waals surface area contributed by atoms with Gasteiger partial charge in [0.25, 0.3) is 0 Å². The summed E-state index contributed by atoms with van der Waals surface area (Å²) in [6.07, 6.45) is 0. The molecule has 0 spiro atoms. The van der Waals surface area contributed by atoms with Gasteiger partial charge in [-0.1, -0.05) is 47.1 Å². The summed E-state index contributed by atoms with van der Waals surface area (Å²) < 4.78 is 7.16. The third-order valence-electron chi connectivity index (χ3n) is 3.72. The summed E-state index contributed by atoms with van der Waals surface area (Å²) in [6.45, 7) is 0. The van der Waals surface area contributed by atoms with Gasteiger partial charge in [0, 0.05) is 12.1 Å². The molecule has 2 aromatic carbocycles. The lowest BCUT2D eigenvalue weighted by atomic mass is 10.2. The molecule has 0 atom stereocenters. The van der Waals surface area contributed by atoms with E-state index in [1.165, 1.54) is 11.8 Å². The first-order chi connectivity index (χ1) is 13.0. The summed E-state index contributed by atoms with van der Waals surface area (Å²) in [5, 5.41) is 12.8. The first-order valence-electron chi connectivity index (χ1n) is 7.90. The van der Waals surface area contributed by atoms with Gasteiger partial charge in [0.05, 0.1) is 29.1 Å². The van der Waals surface area contributed by atoms with Crippen LogP contribution in [-0.4, -0.2) is 33.5 Å². The third-order valence-corrected chi connectivity index (χ3v) is 5.30. The van der Waals surface area contributed by atoms with Crippen LogP contribution in [0.4, 0.5) is 5.69 Å². The fraction of sp³-hybridized carbons (Fsp3) is 0.167. The van der Waals surface area contributed by atoms with E-state index in [2.05, 4.69) is 15.5 Å². The lowest BCUT2D eigenvalue weighted by Gasteiger charge is -2.09. The van der Waals surface area contributed by atoms with Crippen molar-refractivity contribution in [2.45, 2.75) is 5.16 Å². The van der Waals surface area contributed by atoms with Gasteiger partial charge in [0.2, 0.25) is 5.91 Å². The van der Waals surface area contributed by atoms with Crippen molar-refractivity contribution in [1.82, 2.24) is 14.8 Å². The van der Waals surface area contributed by atoms with Gasteiger partial charge in [-0.15, -0.1) is 10.2 Å². The van der Waals surface area contributed by atoms with Crippen LogP contribution in [0.2, 0.25) is 10.0 Å². The lowest BCUT2D eigenvalue weighted by Crippen LogP contribution is -2.14. The Morgan fingerprint density at radius 2 is 2.00 bits per heavy atom. The average Bonchev–Trinajstić information content (AvgIpc) is 3.02. The highest BCUT2D eigenvalue weighted by Gasteiger charge is 2.17. The number of aromatic nitrogens is 3. The Kier molecular flexibility index (Phi) is 6.26. The molecule has 1 heterocycles. The van der Waals surface area contributed by atoms with Crippen molar-refractivity contribution in [3.63, 3.8) is 0 Å². The first-order valence-corrected chi connectivity index (χ1v) is 9.64. The molecule has 140 valence electrons. The number of hydrogen-bond donors (Lipinski definition) is 1. The second-order valence-electron chi connectivity index (χ2n) is 5.53. The maximum Gasteiger partial charge on any atom is 0.234 e. The van der Waals surface area contributed by atoms with Crippen molar-refractivity contribution in [2.75, 3.05) is 18.2 Å². The van der Waals surface area contributed by atoms with Crippen molar-refractivity contribution in [3.05, 3.63) is 52.5 Å². The molecule has 0 aliphatic carbocycles. The highest BCUT2D eigenvalue weighted by atomic mass is 35.5. The van der Waals surface area contributed by atoms with Gasteiger partial charge in [-0.25, -0.2) is 0 Å². The molecule has 1 N–H and O–H groups in total. The van der Waals surface area contributed by atoms with Crippen LogP contribution in [0.25, 0.3) is 11.4 Å². The molecule has 3 aromatic rings. The standard InChI is InChI=1S/C18H16Cl2N4O2S/c1-24-17(12-9-11(19)7-8-15(12)26-2)22-23-18(24)27-10-16(25)21-14-6-4-3-5-13(14)20/h3-9H,10H2,1-2H3,(H,21,25).